The van der Waals surface area contributed by atoms with Gasteiger partial charge in [-0.05, 0) is 31.2 Å². The molecule has 2 aromatic heterocycles. The molecular formula is C20H15ClN4O2. The van der Waals surface area contributed by atoms with Gasteiger partial charge in [-0.3, -0.25) is 5.10 Å². The van der Waals surface area contributed by atoms with E-state index in [4.69, 9.17) is 21.6 Å². The minimum atomic E-state index is 0.173. The second-order valence-electron chi connectivity index (χ2n) is 6.18. The second kappa shape index (κ2) is 6.71. The van der Waals surface area contributed by atoms with Crippen molar-refractivity contribution in [2.45, 2.75) is 13.5 Å². The second-order valence-corrected chi connectivity index (χ2v) is 6.62. The summed E-state index contributed by atoms with van der Waals surface area (Å²) in [5.74, 6) is 1.16. The van der Waals surface area contributed by atoms with Gasteiger partial charge < -0.3 is 14.4 Å². The third-order valence-electron chi connectivity index (χ3n) is 4.27. The van der Waals surface area contributed by atoms with Crippen LogP contribution in [-0.4, -0.2) is 19.9 Å². The molecule has 0 atom stereocenters. The van der Waals surface area contributed by atoms with E-state index in [9.17, 15) is 5.11 Å². The quantitative estimate of drug-likeness (QED) is 0.536. The summed E-state index contributed by atoms with van der Waals surface area (Å²) in [4.78, 5) is 0. The molecule has 134 valence electrons. The summed E-state index contributed by atoms with van der Waals surface area (Å²) < 4.78 is 7.68. The maximum Gasteiger partial charge on any atom is 0.199 e. The van der Waals surface area contributed by atoms with Gasteiger partial charge >= 0.3 is 0 Å². The van der Waals surface area contributed by atoms with Crippen LogP contribution in [0.2, 0.25) is 5.02 Å². The zero-order chi connectivity index (χ0) is 19.0. The molecule has 4 rings (SSSR count). The average molecular weight is 379 g/mol. The Morgan fingerprint density at radius 2 is 2.11 bits per heavy atom. The number of fused-ring (bicyclic) bond motifs is 1. The number of aromatic amines is 1. The molecule has 27 heavy (non-hydrogen) atoms. The number of aryl methyl sites for hydroxylation is 1. The first kappa shape index (κ1) is 17.0. The highest BCUT2D eigenvalue weighted by Crippen LogP contribution is 2.33. The van der Waals surface area contributed by atoms with Crippen molar-refractivity contribution in [3.63, 3.8) is 0 Å². The zero-order valence-corrected chi connectivity index (χ0v) is 15.2. The van der Waals surface area contributed by atoms with Crippen LogP contribution in [0.15, 0.2) is 48.7 Å². The number of H-pyrrole nitrogens is 1. The van der Waals surface area contributed by atoms with Crippen LogP contribution in [-0.2, 0) is 6.54 Å². The first-order chi connectivity index (χ1) is 13.0. The third-order valence-corrected chi connectivity index (χ3v) is 4.49. The van der Waals surface area contributed by atoms with E-state index in [0.29, 0.717) is 34.3 Å². The molecule has 0 radical (unpaired) electrons. The third kappa shape index (κ3) is 3.21. The first-order valence-corrected chi connectivity index (χ1v) is 8.62. The van der Waals surface area contributed by atoms with Gasteiger partial charge in [-0.15, -0.1) is 0 Å². The number of hydrogen-bond acceptors (Lipinski definition) is 4. The number of ether oxygens (including phenoxy) is 1. The first-order valence-electron chi connectivity index (χ1n) is 8.24. The van der Waals surface area contributed by atoms with E-state index in [1.54, 1.807) is 22.8 Å². The van der Waals surface area contributed by atoms with E-state index >= 15 is 0 Å². The van der Waals surface area contributed by atoms with Crippen LogP contribution in [0.5, 0.6) is 17.4 Å². The molecule has 4 aromatic rings. The molecule has 0 aliphatic carbocycles. The summed E-state index contributed by atoms with van der Waals surface area (Å²) >= 11 is 6.05. The number of nitriles is 1. The highest BCUT2D eigenvalue weighted by Gasteiger charge is 2.16. The number of benzene rings is 2. The number of halogens is 1. The molecule has 0 aliphatic heterocycles. The minimum Gasteiger partial charge on any atom is -0.494 e. The smallest absolute Gasteiger partial charge is 0.199 e. The summed E-state index contributed by atoms with van der Waals surface area (Å²) in [5.41, 5.74) is 1.77. The van der Waals surface area contributed by atoms with Gasteiger partial charge in [0, 0.05) is 22.0 Å². The molecule has 0 saturated heterocycles. The van der Waals surface area contributed by atoms with E-state index in [1.807, 2.05) is 37.4 Å². The van der Waals surface area contributed by atoms with Gasteiger partial charge in [0.25, 0.3) is 0 Å². The van der Waals surface area contributed by atoms with Crippen molar-refractivity contribution in [3.8, 4) is 23.4 Å². The molecule has 0 unspecified atom stereocenters. The molecule has 2 heterocycles. The van der Waals surface area contributed by atoms with E-state index < -0.39 is 0 Å². The number of hydrogen-bond donors (Lipinski definition) is 2. The van der Waals surface area contributed by atoms with Crippen molar-refractivity contribution in [2.24, 2.45) is 0 Å². The van der Waals surface area contributed by atoms with E-state index in [-0.39, 0.29) is 5.88 Å². The fraction of sp³-hybridized carbons (Fsp3) is 0.100. The van der Waals surface area contributed by atoms with Crippen LogP contribution in [0, 0.1) is 18.3 Å². The standard InChI is InChI=1S/C20H15ClN4O2/c1-12-19(27-16-7-13(9-22)6-15(21)8-16)18(24-23-12)11-25-10-14-4-2-3-5-17(14)20(25)26/h2-8,10,26H,11H2,1H3,(H,23,24). The predicted octanol–water partition coefficient (Wildman–Crippen LogP) is 4.74. The van der Waals surface area contributed by atoms with Crippen LogP contribution in [0.3, 0.4) is 0 Å². The molecule has 2 N–H and O–H groups in total. The van der Waals surface area contributed by atoms with Crippen LogP contribution in [0.4, 0.5) is 0 Å². The molecule has 0 amide bonds. The van der Waals surface area contributed by atoms with E-state index in [2.05, 4.69) is 16.3 Å². The summed E-state index contributed by atoms with van der Waals surface area (Å²) in [5, 5.41) is 28.9. The van der Waals surface area contributed by atoms with E-state index in [1.165, 1.54) is 0 Å². The highest BCUT2D eigenvalue weighted by molar-refractivity contribution is 6.30. The van der Waals surface area contributed by atoms with Crippen molar-refractivity contribution >= 4 is 22.4 Å². The Morgan fingerprint density at radius 3 is 2.89 bits per heavy atom. The molecule has 0 aliphatic rings. The lowest BCUT2D eigenvalue weighted by molar-refractivity contribution is 0.425. The Bertz CT molecular complexity index is 1190. The largest absolute Gasteiger partial charge is 0.494 e. The fourth-order valence-electron chi connectivity index (χ4n) is 2.99. The van der Waals surface area contributed by atoms with Crippen molar-refractivity contribution in [1.29, 1.82) is 5.26 Å². The summed E-state index contributed by atoms with van der Waals surface area (Å²) in [6.45, 7) is 2.17. The van der Waals surface area contributed by atoms with Crippen molar-refractivity contribution in [2.75, 3.05) is 0 Å². The summed E-state index contributed by atoms with van der Waals surface area (Å²) in [6.07, 6.45) is 1.87. The lowest BCUT2D eigenvalue weighted by Gasteiger charge is -2.09. The average Bonchev–Trinajstić information content (AvgIpc) is 3.16. The van der Waals surface area contributed by atoms with Crippen LogP contribution < -0.4 is 4.74 Å². The summed E-state index contributed by atoms with van der Waals surface area (Å²) in [7, 11) is 0. The number of nitrogens with zero attached hydrogens (tertiary/aromatic N) is 3. The highest BCUT2D eigenvalue weighted by atomic mass is 35.5. The lowest BCUT2D eigenvalue weighted by atomic mass is 10.2. The maximum atomic E-state index is 10.5. The number of rotatable bonds is 4. The predicted molar refractivity (Wildman–Crippen MR) is 102 cm³/mol. The van der Waals surface area contributed by atoms with Gasteiger partial charge in [-0.2, -0.15) is 10.4 Å². The SMILES string of the molecule is Cc1[nH]nc(Cn2cc3ccccc3c2O)c1Oc1cc(Cl)cc(C#N)c1. The molecule has 0 spiro atoms. The van der Waals surface area contributed by atoms with Gasteiger partial charge in [0.2, 0.25) is 0 Å². The van der Waals surface area contributed by atoms with Gasteiger partial charge in [-0.25, -0.2) is 0 Å². The Labute approximate surface area is 160 Å². The van der Waals surface area contributed by atoms with Gasteiger partial charge in [0.1, 0.15) is 11.4 Å². The maximum absolute atomic E-state index is 10.5. The minimum absolute atomic E-state index is 0.173. The number of nitrogens with one attached hydrogen (secondary N) is 1. The Balaban J connectivity index is 1.69. The molecular weight excluding hydrogens is 364 g/mol. The topological polar surface area (TPSA) is 86.9 Å². The number of aromatic nitrogens is 3. The Morgan fingerprint density at radius 1 is 1.30 bits per heavy atom. The molecule has 7 heteroatoms. The molecule has 6 nitrogen and oxygen atoms in total. The fourth-order valence-corrected chi connectivity index (χ4v) is 3.22. The molecule has 2 aromatic carbocycles. The van der Waals surface area contributed by atoms with E-state index in [0.717, 1.165) is 16.5 Å². The van der Waals surface area contributed by atoms with Crippen LogP contribution in [0.25, 0.3) is 10.8 Å². The monoisotopic (exact) mass is 378 g/mol. The van der Waals surface area contributed by atoms with Crippen LogP contribution in [0.1, 0.15) is 17.0 Å². The van der Waals surface area contributed by atoms with Crippen molar-refractivity contribution < 1.29 is 9.84 Å². The lowest BCUT2D eigenvalue weighted by Crippen LogP contribution is -2.00. The normalized spacial score (nSPS) is 10.9. The van der Waals surface area contributed by atoms with Crippen molar-refractivity contribution in [3.05, 3.63) is 70.6 Å². The molecule has 0 saturated carbocycles. The molecule has 0 fully saturated rings. The van der Waals surface area contributed by atoms with Crippen LogP contribution >= 0.6 is 11.6 Å². The van der Waals surface area contributed by atoms with Gasteiger partial charge in [0.05, 0.1) is 23.9 Å². The van der Waals surface area contributed by atoms with Gasteiger partial charge in [-0.1, -0.05) is 29.8 Å². The van der Waals surface area contributed by atoms with Crippen molar-refractivity contribution in [1.82, 2.24) is 14.8 Å². The number of aromatic hydroxyl groups is 1. The zero-order valence-electron chi connectivity index (χ0n) is 14.4. The molecule has 0 bridgehead atoms. The Kier molecular flexibility index (Phi) is 4.22. The Hall–Kier alpha value is -3.43. The van der Waals surface area contributed by atoms with Gasteiger partial charge in [0.15, 0.2) is 11.6 Å². The summed E-state index contributed by atoms with van der Waals surface area (Å²) in [6, 6.07) is 14.5.